The molecule has 3 saturated carbocycles. The smallest absolute Gasteiger partial charge is 0.0232 e. The highest BCUT2D eigenvalue weighted by atomic mass is 14.8. The fraction of sp³-hybridized carbons (Fsp3) is 0.867. The van der Waals surface area contributed by atoms with Gasteiger partial charge in [0.1, 0.15) is 0 Å². The van der Waals surface area contributed by atoms with Gasteiger partial charge in [0, 0.05) is 0 Å². The molecule has 0 heteroatoms. The molecule has 0 radical (unpaired) electrons. The zero-order chi connectivity index (χ0) is 10.6. The lowest BCUT2D eigenvalue weighted by atomic mass is 10.0. The largest absolute Gasteiger partial charge is 0.0775 e. The van der Waals surface area contributed by atoms with Gasteiger partial charge in [-0.25, -0.2) is 0 Å². The molecule has 3 rings (SSSR count). The van der Waals surface area contributed by atoms with Crippen LogP contribution in [-0.2, 0) is 0 Å². The maximum atomic E-state index is 2.32. The van der Waals surface area contributed by atoms with Gasteiger partial charge in [-0.15, -0.1) is 0 Å². The summed E-state index contributed by atoms with van der Waals surface area (Å²) in [7, 11) is 0. The van der Waals surface area contributed by atoms with Gasteiger partial charge in [0.25, 0.3) is 0 Å². The Bertz CT molecular complexity index is 304. The van der Waals surface area contributed by atoms with E-state index in [1.54, 1.807) is 36.8 Å². The molecule has 0 bridgehead atoms. The number of hydrogen-bond acceptors (Lipinski definition) is 0. The molecule has 3 aliphatic rings. The van der Waals surface area contributed by atoms with E-state index in [0.29, 0.717) is 0 Å². The average Bonchev–Trinajstić information content (AvgIpc) is 3.06. The van der Waals surface area contributed by atoms with Crippen LogP contribution < -0.4 is 0 Å². The molecule has 0 aromatic heterocycles. The molecule has 0 nitrogen and oxygen atoms in total. The Balaban J connectivity index is 1.46. The third-order valence-electron chi connectivity index (χ3n) is 5.37. The Labute approximate surface area is 94.1 Å². The first-order chi connectivity index (χ1) is 7.13. The van der Waals surface area contributed by atoms with Gasteiger partial charge in [-0.05, 0) is 82.5 Å². The number of hydrogen-bond donors (Lipinski definition) is 0. The fourth-order valence-electron chi connectivity index (χ4n) is 3.62. The minimum Gasteiger partial charge on any atom is -0.0775 e. The van der Waals surface area contributed by atoms with Crippen molar-refractivity contribution in [2.45, 2.75) is 59.3 Å². The summed E-state index contributed by atoms with van der Waals surface area (Å²) in [5.74, 6) is 3.49. The maximum absolute atomic E-state index is 2.32. The predicted molar refractivity (Wildman–Crippen MR) is 64.7 cm³/mol. The Morgan fingerprint density at radius 2 is 1.87 bits per heavy atom. The van der Waals surface area contributed by atoms with Crippen molar-refractivity contribution < 1.29 is 0 Å². The second kappa shape index (κ2) is 3.12. The summed E-state index contributed by atoms with van der Waals surface area (Å²) < 4.78 is 0. The zero-order valence-corrected chi connectivity index (χ0v) is 10.5. The van der Waals surface area contributed by atoms with Gasteiger partial charge in [-0.1, -0.05) is 11.1 Å². The molecule has 0 heterocycles. The second-order valence-electron chi connectivity index (χ2n) is 6.60. The summed E-state index contributed by atoms with van der Waals surface area (Å²) in [6.07, 6.45) is 9.17. The molecular weight excluding hydrogens is 180 g/mol. The standard InChI is InChI=1S/C15H24/c1-10(2)11(3)4-7-13-8-15(13)9-14(15)12-5-6-12/h12-14H,4-9H2,1-3H3. The van der Waals surface area contributed by atoms with Crippen LogP contribution >= 0.6 is 0 Å². The molecule has 3 aliphatic carbocycles. The molecule has 1 spiro atoms. The van der Waals surface area contributed by atoms with E-state index >= 15 is 0 Å². The van der Waals surface area contributed by atoms with E-state index < -0.39 is 0 Å². The van der Waals surface area contributed by atoms with Crippen molar-refractivity contribution in [3.05, 3.63) is 11.1 Å². The molecular formula is C15H24. The van der Waals surface area contributed by atoms with Crippen molar-refractivity contribution >= 4 is 0 Å². The third-order valence-corrected chi connectivity index (χ3v) is 5.37. The van der Waals surface area contributed by atoms with Crippen LogP contribution in [0.15, 0.2) is 11.1 Å². The highest BCUT2D eigenvalue weighted by molar-refractivity contribution is 5.21. The average molecular weight is 204 g/mol. The highest BCUT2D eigenvalue weighted by Crippen LogP contribution is 2.80. The molecule has 15 heavy (non-hydrogen) atoms. The summed E-state index contributed by atoms with van der Waals surface area (Å²) in [6, 6.07) is 0. The first-order valence-corrected chi connectivity index (χ1v) is 6.76. The normalized spacial score (nSPS) is 41.8. The fourth-order valence-corrected chi connectivity index (χ4v) is 3.62. The predicted octanol–water partition coefficient (Wildman–Crippen LogP) is 4.56. The quantitative estimate of drug-likeness (QED) is 0.589. The summed E-state index contributed by atoms with van der Waals surface area (Å²) in [5.41, 5.74) is 4.10. The van der Waals surface area contributed by atoms with E-state index in [4.69, 9.17) is 0 Å². The molecule has 0 amide bonds. The van der Waals surface area contributed by atoms with Crippen LogP contribution in [0.1, 0.15) is 59.3 Å². The minimum atomic E-state index is 0.920. The molecule has 0 aromatic rings. The van der Waals surface area contributed by atoms with Gasteiger partial charge in [0.15, 0.2) is 0 Å². The van der Waals surface area contributed by atoms with Crippen LogP contribution in [0, 0.1) is 23.2 Å². The summed E-state index contributed by atoms with van der Waals surface area (Å²) in [6.45, 7) is 6.82. The van der Waals surface area contributed by atoms with Crippen LogP contribution in [0.25, 0.3) is 0 Å². The Morgan fingerprint density at radius 1 is 1.13 bits per heavy atom. The van der Waals surface area contributed by atoms with Gasteiger partial charge in [0.05, 0.1) is 0 Å². The maximum Gasteiger partial charge on any atom is -0.0232 e. The second-order valence-corrected chi connectivity index (χ2v) is 6.60. The molecule has 0 aliphatic heterocycles. The van der Waals surface area contributed by atoms with E-state index in [1.807, 2.05) is 0 Å². The van der Waals surface area contributed by atoms with Crippen molar-refractivity contribution in [1.82, 2.24) is 0 Å². The summed E-state index contributed by atoms with van der Waals surface area (Å²) >= 11 is 0. The monoisotopic (exact) mass is 204 g/mol. The van der Waals surface area contributed by atoms with Crippen molar-refractivity contribution in [2.75, 3.05) is 0 Å². The Kier molecular flexibility index (Phi) is 2.06. The van der Waals surface area contributed by atoms with Crippen molar-refractivity contribution in [2.24, 2.45) is 23.2 Å². The van der Waals surface area contributed by atoms with E-state index in [1.165, 1.54) is 24.7 Å². The lowest BCUT2D eigenvalue weighted by molar-refractivity contribution is 0.555. The third kappa shape index (κ3) is 1.66. The first kappa shape index (κ1) is 9.93. The lowest BCUT2D eigenvalue weighted by Gasteiger charge is -2.03. The number of rotatable bonds is 4. The van der Waals surface area contributed by atoms with Crippen LogP contribution in [0.5, 0.6) is 0 Å². The van der Waals surface area contributed by atoms with E-state index in [2.05, 4.69) is 20.8 Å². The van der Waals surface area contributed by atoms with Crippen LogP contribution in [0.2, 0.25) is 0 Å². The first-order valence-electron chi connectivity index (χ1n) is 6.76. The lowest BCUT2D eigenvalue weighted by Crippen LogP contribution is -1.90. The zero-order valence-electron chi connectivity index (χ0n) is 10.5. The van der Waals surface area contributed by atoms with Gasteiger partial charge in [-0.2, -0.15) is 0 Å². The Hall–Kier alpha value is -0.260. The van der Waals surface area contributed by atoms with Crippen molar-refractivity contribution in [3.63, 3.8) is 0 Å². The highest BCUT2D eigenvalue weighted by Gasteiger charge is 2.72. The van der Waals surface area contributed by atoms with Gasteiger partial charge in [-0.3, -0.25) is 0 Å². The molecule has 84 valence electrons. The molecule has 3 fully saturated rings. The van der Waals surface area contributed by atoms with Crippen LogP contribution in [-0.4, -0.2) is 0 Å². The molecule has 0 saturated heterocycles. The molecule has 0 aromatic carbocycles. The Morgan fingerprint density at radius 3 is 2.47 bits per heavy atom. The van der Waals surface area contributed by atoms with E-state index in [0.717, 1.165) is 11.3 Å². The van der Waals surface area contributed by atoms with E-state index in [9.17, 15) is 0 Å². The molecule has 0 N–H and O–H groups in total. The van der Waals surface area contributed by atoms with Crippen LogP contribution in [0.4, 0.5) is 0 Å². The molecule has 3 unspecified atom stereocenters. The SMILES string of the molecule is CC(C)=C(C)CCC1CC12CC2C1CC1. The minimum absolute atomic E-state index is 0.920. The summed E-state index contributed by atoms with van der Waals surface area (Å²) in [4.78, 5) is 0. The van der Waals surface area contributed by atoms with Gasteiger partial charge in [0.2, 0.25) is 0 Å². The van der Waals surface area contributed by atoms with E-state index in [-0.39, 0.29) is 0 Å². The van der Waals surface area contributed by atoms with Gasteiger partial charge >= 0.3 is 0 Å². The van der Waals surface area contributed by atoms with Crippen LogP contribution in [0.3, 0.4) is 0 Å². The van der Waals surface area contributed by atoms with Crippen molar-refractivity contribution in [1.29, 1.82) is 0 Å². The number of allylic oxidation sites excluding steroid dienone is 2. The summed E-state index contributed by atoms with van der Waals surface area (Å²) in [5, 5.41) is 0. The van der Waals surface area contributed by atoms with Gasteiger partial charge < -0.3 is 0 Å². The molecule has 3 atom stereocenters. The van der Waals surface area contributed by atoms with Crippen molar-refractivity contribution in [3.8, 4) is 0 Å². The topological polar surface area (TPSA) is 0 Å².